The highest BCUT2D eigenvalue weighted by Crippen LogP contribution is 2.28. The smallest absolute Gasteiger partial charge is 0.322 e. The molecule has 8 nitrogen and oxygen atoms in total. The molecule has 3 amide bonds. The van der Waals surface area contributed by atoms with Gasteiger partial charge in [0.2, 0.25) is 5.91 Å². The molecule has 3 rings (SSSR count). The van der Waals surface area contributed by atoms with Crippen LogP contribution < -0.4 is 14.8 Å². The summed E-state index contributed by atoms with van der Waals surface area (Å²) in [7, 11) is 3.17. The summed E-state index contributed by atoms with van der Waals surface area (Å²) in [5.74, 6) is 1.70. The Balaban J connectivity index is 1.77. The zero-order chi connectivity index (χ0) is 27.7. The van der Waals surface area contributed by atoms with E-state index in [0.717, 1.165) is 5.56 Å². The van der Waals surface area contributed by atoms with Gasteiger partial charge >= 0.3 is 6.03 Å². The van der Waals surface area contributed by atoms with Gasteiger partial charge in [0.15, 0.2) is 11.5 Å². The predicted octanol–water partition coefficient (Wildman–Crippen LogP) is 6.51. The van der Waals surface area contributed by atoms with E-state index in [1.165, 1.54) is 4.90 Å². The summed E-state index contributed by atoms with van der Waals surface area (Å²) in [6, 6.07) is 13.5. The lowest BCUT2D eigenvalue weighted by Gasteiger charge is -2.31. The summed E-state index contributed by atoms with van der Waals surface area (Å²) in [5.41, 5.74) is 1.40. The topological polar surface area (TPSA) is 84.2 Å². The third kappa shape index (κ3) is 7.82. The maximum atomic E-state index is 13.6. The monoisotopic (exact) mass is 561 g/mol. The highest BCUT2D eigenvalue weighted by Gasteiger charge is 2.26. The number of carbonyl (C=O) groups excluding carboxylic acids is 2. The number of benzene rings is 2. The summed E-state index contributed by atoms with van der Waals surface area (Å²) in [4.78, 5) is 30.0. The minimum Gasteiger partial charge on any atom is -0.493 e. The number of urea groups is 1. The number of hydrogen-bond donors (Lipinski definition) is 1. The molecule has 0 radical (unpaired) electrons. The number of amides is 3. The Bertz CT molecular complexity index is 1220. The number of furan rings is 1. The molecule has 1 heterocycles. The van der Waals surface area contributed by atoms with E-state index in [-0.39, 0.29) is 25.0 Å². The number of rotatable bonds is 12. The maximum Gasteiger partial charge on any atom is 0.322 e. The normalized spacial score (nSPS) is 11.5. The van der Waals surface area contributed by atoms with E-state index in [1.807, 2.05) is 38.1 Å². The molecule has 0 saturated heterocycles. The van der Waals surface area contributed by atoms with Crippen LogP contribution in [-0.2, 0) is 17.8 Å². The standard InChI is InChI=1S/C28H33Cl2N3O5/c1-5-19(2)33(28(35)31-24-10-9-21(29)16-23(24)30)18-27(34)32(17-22-7-6-14-38-22)13-12-20-8-11-25(36-3)26(15-20)37-4/h6-11,14-16,19H,5,12-13,17-18H2,1-4H3,(H,31,35). The molecule has 204 valence electrons. The molecule has 0 aliphatic heterocycles. The Hall–Kier alpha value is -3.36. The number of halogens is 2. The Morgan fingerprint density at radius 3 is 2.45 bits per heavy atom. The van der Waals surface area contributed by atoms with Crippen molar-refractivity contribution in [1.29, 1.82) is 0 Å². The molecular formula is C28H33Cl2N3O5. The molecule has 0 bridgehead atoms. The predicted molar refractivity (Wildman–Crippen MR) is 149 cm³/mol. The average Bonchev–Trinajstić information content (AvgIpc) is 3.43. The fraction of sp³-hybridized carbons (Fsp3) is 0.357. The van der Waals surface area contributed by atoms with Gasteiger partial charge in [-0.2, -0.15) is 0 Å². The van der Waals surface area contributed by atoms with Crippen molar-refractivity contribution >= 4 is 40.8 Å². The largest absolute Gasteiger partial charge is 0.493 e. The van der Waals surface area contributed by atoms with Crippen molar-refractivity contribution in [3.05, 3.63) is 76.2 Å². The van der Waals surface area contributed by atoms with Crippen molar-refractivity contribution < 1.29 is 23.5 Å². The second kappa shape index (κ2) is 14.0. The first-order valence-electron chi connectivity index (χ1n) is 12.3. The van der Waals surface area contributed by atoms with Gasteiger partial charge in [-0.25, -0.2) is 4.79 Å². The third-order valence-electron chi connectivity index (χ3n) is 6.26. The molecule has 1 N–H and O–H groups in total. The maximum absolute atomic E-state index is 13.6. The zero-order valence-electron chi connectivity index (χ0n) is 22.0. The van der Waals surface area contributed by atoms with Crippen molar-refractivity contribution in [2.75, 3.05) is 32.6 Å². The van der Waals surface area contributed by atoms with Gasteiger partial charge in [0.25, 0.3) is 0 Å². The molecular weight excluding hydrogens is 529 g/mol. The van der Waals surface area contributed by atoms with Crippen molar-refractivity contribution in [1.82, 2.24) is 9.80 Å². The minimum absolute atomic E-state index is 0.112. The van der Waals surface area contributed by atoms with E-state index < -0.39 is 6.03 Å². The number of hydrogen-bond acceptors (Lipinski definition) is 5. The van der Waals surface area contributed by atoms with Gasteiger partial charge in [0.05, 0.1) is 37.7 Å². The molecule has 1 aromatic heterocycles. The van der Waals surface area contributed by atoms with Gasteiger partial charge in [-0.05, 0) is 67.8 Å². The highest BCUT2D eigenvalue weighted by atomic mass is 35.5. The van der Waals surface area contributed by atoms with Crippen LogP contribution in [0.15, 0.2) is 59.2 Å². The molecule has 0 aliphatic carbocycles. The lowest BCUT2D eigenvalue weighted by Crippen LogP contribution is -2.48. The Kier molecular flexibility index (Phi) is 10.7. The average molecular weight is 562 g/mol. The SMILES string of the molecule is CCC(C)N(CC(=O)N(CCc1ccc(OC)c(OC)c1)Cc1ccco1)C(=O)Nc1ccc(Cl)cc1Cl. The molecule has 0 aliphatic rings. The summed E-state index contributed by atoms with van der Waals surface area (Å²) in [6.07, 6.45) is 2.81. The summed E-state index contributed by atoms with van der Waals surface area (Å²) in [5, 5.41) is 3.58. The third-order valence-corrected chi connectivity index (χ3v) is 6.81. The first-order chi connectivity index (χ1) is 18.2. The zero-order valence-corrected chi connectivity index (χ0v) is 23.5. The van der Waals surface area contributed by atoms with Crippen LogP contribution in [0.1, 0.15) is 31.6 Å². The molecule has 1 unspecified atom stereocenters. The number of nitrogens with zero attached hydrogens (tertiary/aromatic N) is 2. The minimum atomic E-state index is -0.422. The number of anilines is 1. The van der Waals surface area contributed by atoms with Crippen LogP contribution in [0.25, 0.3) is 0 Å². The van der Waals surface area contributed by atoms with Gasteiger partial charge in [0, 0.05) is 17.6 Å². The summed E-state index contributed by atoms with van der Waals surface area (Å²) < 4.78 is 16.2. The first kappa shape index (κ1) is 29.2. The lowest BCUT2D eigenvalue weighted by atomic mass is 10.1. The first-order valence-corrected chi connectivity index (χ1v) is 13.0. The number of carbonyl (C=O) groups is 2. The highest BCUT2D eigenvalue weighted by molar-refractivity contribution is 6.36. The quantitative estimate of drug-likeness (QED) is 0.272. The van der Waals surface area contributed by atoms with Crippen LogP contribution in [0.5, 0.6) is 11.5 Å². The number of ether oxygens (including phenoxy) is 2. The Morgan fingerprint density at radius 1 is 1.05 bits per heavy atom. The molecule has 0 spiro atoms. The number of nitrogens with one attached hydrogen (secondary N) is 1. The van der Waals surface area contributed by atoms with E-state index in [9.17, 15) is 9.59 Å². The van der Waals surface area contributed by atoms with E-state index in [1.54, 1.807) is 49.6 Å². The van der Waals surface area contributed by atoms with Crippen molar-refractivity contribution in [3.8, 4) is 11.5 Å². The van der Waals surface area contributed by atoms with Crippen LogP contribution in [0.3, 0.4) is 0 Å². The van der Waals surface area contributed by atoms with Crippen molar-refractivity contribution in [3.63, 3.8) is 0 Å². The van der Waals surface area contributed by atoms with Crippen LogP contribution in [0.4, 0.5) is 10.5 Å². The summed E-state index contributed by atoms with van der Waals surface area (Å²) in [6.45, 7) is 4.43. The molecule has 0 saturated carbocycles. The molecule has 3 aromatic rings. The van der Waals surface area contributed by atoms with Crippen LogP contribution in [0, 0.1) is 0 Å². The van der Waals surface area contributed by atoms with Gasteiger partial charge < -0.3 is 29.0 Å². The van der Waals surface area contributed by atoms with E-state index in [4.69, 9.17) is 37.1 Å². The van der Waals surface area contributed by atoms with E-state index in [2.05, 4.69) is 5.32 Å². The van der Waals surface area contributed by atoms with Crippen LogP contribution >= 0.6 is 23.2 Å². The van der Waals surface area contributed by atoms with Crippen LogP contribution in [-0.4, -0.2) is 55.1 Å². The fourth-order valence-electron chi connectivity index (χ4n) is 3.85. The van der Waals surface area contributed by atoms with E-state index >= 15 is 0 Å². The second-order valence-corrected chi connectivity index (χ2v) is 9.62. The lowest BCUT2D eigenvalue weighted by molar-refractivity contribution is -0.133. The Morgan fingerprint density at radius 2 is 1.82 bits per heavy atom. The molecule has 2 aromatic carbocycles. The molecule has 38 heavy (non-hydrogen) atoms. The van der Waals surface area contributed by atoms with E-state index in [0.29, 0.717) is 52.4 Å². The van der Waals surface area contributed by atoms with Gasteiger partial charge in [-0.3, -0.25) is 4.79 Å². The van der Waals surface area contributed by atoms with Gasteiger partial charge in [-0.15, -0.1) is 0 Å². The molecule has 0 fully saturated rings. The van der Waals surface area contributed by atoms with Crippen molar-refractivity contribution in [2.45, 2.75) is 39.3 Å². The molecule has 1 atom stereocenters. The summed E-state index contributed by atoms with van der Waals surface area (Å²) >= 11 is 12.2. The van der Waals surface area contributed by atoms with Crippen molar-refractivity contribution in [2.24, 2.45) is 0 Å². The fourth-order valence-corrected chi connectivity index (χ4v) is 4.31. The van der Waals surface area contributed by atoms with Crippen LogP contribution in [0.2, 0.25) is 10.0 Å². The molecule has 10 heteroatoms. The Labute approximate surface area is 233 Å². The van der Waals surface area contributed by atoms with Gasteiger partial charge in [0.1, 0.15) is 12.3 Å². The van der Waals surface area contributed by atoms with Gasteiger partial charge in [-0.1, -0.05) is 36.2 Å². The number of methoxy groups -OCH3 is 2. The second-order valence-electron chi connectivity index (χ2n) is 8.77.